The van der Waals surface area contributed by atoms with Crippen LogP contribution >= 0.6 is 0 Å². The van der Waals surface area contributed by atoms with Crippen LogP contribution in [-0.2, 0) is 9.47 Å². The Balaban J connectivity index is 1.75. The number of carbonyl (C=O) groups excluding carboxylic acids is 1. The van der Waals surface area contributed by atoms with Gasteiger partial charge in [0.25, 0.3) is 5.91 Å². The van der Waals surface area contributed by atoms with Gasteiger partial charge in [0.15, 0.2) is 0 Å². The van der Waals surface area contributed by atoms with E-state index >= 15 is 0 Å². The molecule has 1 aromatic rings. The van der Waals surface area contributed by atoms with Gasteiger partial charge in [0.2, 0.25) is 0 Å². The Hall–Kier alpha value is -1.46. The summed E-state index contributed by atoms with van der Waals surface area (Å²) in [4.78, 5) is 18.6. The zero-order valence-electron chi connectivity index (χ0n) is 12.5. The third-order valence-electron chi connectivity index (χ3n) is 4.64. The van der Waals surface area contributed by atoms with Gasteiger partial charge in [0, 0.05) is 25.8 Å². The third kappa shape index (κ3) is 2.80. The van der Waals surface area contributed by atoms with Crippen molar-refractivity contribution in [1.29, 1.82) is 0 Å². The van der Waals surface area contributed by atoms with E-state index in [1.54, 1.807) is 19.4 Å². The molecule has 1 saturated carbocycles. The first-order valence-electron chi connectivity index (χ1n) is 7.58. The topological polar surface area (TPSA) is 51.7 Å². The minimum Gasteiger partial charge on any atom is -0.384 e. The number of morpholine rings is 1. The van der Waals surface area contributed by atoms with Gasteiger partial charge in [-0.2, -0.15) is 0 Å². The van der Waals surface area contributed by atoms with E-state index in [0.29, 0.717) is 37.9 Å². The summed E-state index contributed by atoms with van der Waals surface area (Å²) in [5, 5.41) is 0. The van der Waals surface area contributed by atoms with E-state index < -0.39 is 0 Å². The van der Waals surface area contributed by atoms with Crippen LogP contribution in [0.15, 0.2) is 24.4 Å². The minimum atomic E-state index is -0.224. The monoisotopic (exact) mass is 290 g/mol. The van der Waals surface area contributed by atoms with Crippen molar-refractivity contribution < 1.29 is 14.3 Å². The van der Waals surface area contributed by atoms with Gasteiger partial charge in [-0.3, -0.25) is 9.78 Å². The summed E-state index contributed by atoms with van der Waals surface area (Å²) in [6.07, 6.45) is 4.92. The number of ether oxygens (including phenoxy) is 2. The summed E-state index contributed by atoms with van der Waals surface area (Å²) >= 11 is 0. The van der Waals surface area contributed by atoms with Crippen LogP contribution in [0, 0.1) is 5.92 Å². The summed E-state index contributed by atoms with van der Waals surface area (Å²) in [7, 11) is 1.73. The Morgan fingerprint density at radius 2 is 2.48 bits per heavy atom. The SMILES string of the molecule is COC[C@@H]1CCC[C@@]12CN(C(=O)c1ccccn1)CCO2. The highest BCUT2D eigenvalue weighted by atomic mass is 16.5. The molecule has 0 N–H and O–H groups in total. The molecule has 0 radical (unpaired) electrons. The van der Waals surface area contributed by atoms with Crippen molar-refractivity contribution in [2.45, 2.75) is 24.9 Å². The maximum absolute atomic E-state index is 12.6. The highest BCUT2D eigenvalue weighted by Crippen LogP contribution is 2.41. The fourth-order valence-corrected chi connectivity index (χ4v) is 3.58. The molecule has 1 saturated heterocycles. The van der Waals surface area contributed by atoms with E-state index in [4.69, 9.17) is 9.47 Å². The number of hydrogen-bond donors (Lipinski definition) is 0. The number of methoxy groups -OCH3 is 1. The van der Waals surface area contributed by atoms with Gasteiger partial charge in [0.05, 0.1) is 25.4 Å². The third-order valence-corrected chi connectivity index (χ3v) is 4.64. The van der Waals surface area contributed by atoms with Crippen molar-refractivity contribution in [1.82, 2.24) is 9.88 Å². The highest BCUT2D eigenvalue weighted by Gasteiger charge is 2.47. The molecule has 1 spiro atoms. The van der Waals surface area contributed by atoms with Crippen molar-refractivity contribution >= 4 is 5.91 Å². The van der Waals surface area contributed by atoms with E-state index in [2.05, 4.69) is 4.98 Å². The Kier molecular flexibility index (Phi) is 4.22. The van der Waals surface area contributed by atoms with Crippen molar-refractivity contribution in [3.63, 3.8) is 0 Å². The smallest absolute Gasteiger partial charge is 0.272 e. The minimum absolute atomic E-state index is 0.00124. The van der Waals surface area contributed by atoms with Gasteiger partial charge >= 0.3 is 0 Å². The van der Waals surface area contributed by atoms with E-state index in [1.807, 2.05) is 17.0 Å². The molecule has 2 atom stereocenters. The fourth-order valence-electron chi connectivity index (χ4n) is 3.58. The Bertz CT molecular complexity index is 494. The number of pyridine rings is 1. The molecule has 3 rings (SSSR count). The first kappa shape index (κ1) is 14.5. The van der Waals surface area contributed by atoms with Gasteiger partial charge < -0.3 is 14.4 Å². The molecule has 1 aliphatic carbocycles. The Morgan fingerprint density at radius 3 is 3.24 bits per heavy atom. The maximum Gasteiger partial charge on any atom is 0.272 e. The summed E-state index contributed by atoms with van der Waals surface area (Å²) < 4.78 is 11.5. The van der Waals surface area contributed by atoms with Crippen LogP contribution in [-0.4, -0.2) is 54.8 Å². The number of amides is 1. The zero-order valence-corrected chi connectivity index (χ0v) is 12.5. The second kappa shape index (κ2) is 6.12. The number of nitrogens with zero attached hydrogens (tertiary/aromatic N) is 2. The van der Waals surface area contributed by atoms with Gasteiger partial charge in [-0.1, -0.05) is 12.5 Å². The molecule has 1 aromatic heterocycles. The molecule has 1 aliphatic heterocycles. The first-order valence-corrected chi connectivity index (χ1v) is 7.58. The van der Waals surface area contributed by atoms with Crippen LogP contribution in [0.25, 0.3) is 0 Å². The Morgan fingerprint density at radius 1 is 1.57 bits per heavy atom. The lowest BCUT2D eigenvalue weighted by Crippen LogP contribution is -2.56. The van der Waals surface area contributed by atoms with Gasteiger partial charge in [-0.25, -0.2) is 0 Å². The molecule has 21 heavy (non-hydrogen) atoms. The number of hydrogen-bond acceptors (Lipinski definition) is 4. The summed E-state index contributed by atoms with van der Waals surface area (Å²) in [6, 6.07) is 5.44. The average molecular weight is 290 g/mol. The van der Waals surface area contributed by atoms with E-state index in [9.17, 15) is 4.79 Å². The predicted octanol–water partition coefficient (Wildman–Crippen LogP) is 1.74. The second-order valence-electron chi connectivity index (χ2n) is 5.90. The molecule has 114 valence electrons. The van der Waals surface area contributed by atoms with E-state index in [0.717, 1.165) is 19.3 Å². The van der Waals surface area contributed by atoms with Crippen LogP contribution in [0.2, 0.25) is 0 Å². The normalized spacial score (nSPS) is 29.0. The molecule has 1 amide bonds. The summed E-state index contributed by atoms with van der Waals surface area (Å²) in [5.74, 6) is 0.378. The Labute approximate surface area is 125 Å². The van der Waals surface area contributed by atoms with Crippen molar-refractivity contribution in [2.75, 3.05) is 33.4 Å². The standard InChI is InChI=1S/C16H22N2O3/c1-20-11-13-5-4-7-16(13)12-18(9-10-21-16)15(19)14-6-2-3-8-17-14/h2-3,6,8,13H,4-5,7,9-12H2,1H3/t13-,16+/m0/s1. The van der Waals surface area contributed by atoms with Gasteiger partial charge in [0.1, 0.15) is 5.69 Å². The highest BCUT2D eigenvalue weighted by molar-refractivity contribution is 5.92. The lowest BCUT2D eigenvalue weighted by molar-refractivity contribution is -0.131. The molecular weight excluding hydrogens is 268 g/mol. The largest absolute Gasteiger partial charge is 0.384 e. The van der Waals surface area contributed by atoms with Gasteiger partial charge in [-0.05, 0) is 25.0 Å². The quantitative estimate of drug-likeness (QED) is 0.851. The molecule has 2 heterocycles. The first-order chi connectivity index (χ1) is 10.2. The van der Waals surface area contributed by atoms with Crippen LogP contribution in [0.1, 0.15) is 29.8 Å². The molecule has 2 aliphatic rings. The lowest BCUT2D eigenvalue weighted by Gasteiger charge is -2.43. The van der Waals surface area contributed by atoms with Crippen LogP contribution in [0.5, 0.6) is 0 Å². The van der Waals surface area contributed by atoms with Crippen LogP contribution in [0.4, 0.5) is 0 Å². The molecule has 0 aromatic carbocycles. The molecule has 0 unspecified atom stereocenters. The van der Waals surface area contributed by atoms with E-state index in [-0.39, 0.29) is 11.5 Å². The van der Waals surface area contributed by atoms with Crippen molar-refractivity contribution in [2.24, 2.45) is 5.92 Å². The van der Waals surface area contributed by atoms with Crippen molar-refractivity contribution in [3.8, 4) is 0 Å². The predicted molar refractivity (Wildman–Crippen MR) is 78.0 cm³/mol. The van der Waals surface area contributed by atoms with Gasteiger partial charge in [-0.15, -0.1) is 0 Å². The van der Waals surface area contributed by atoms with Crippen LogP contribution < -0.4 is 0 Å². The summed E-state index contributed by atoms with van der Waals surface area (Å²) in [6.45, 7) is 2.58. The van der Waals surface area contributed by atoms with E-state index in [1.165, 1.54) is 0 Å². The molecule has 0 bridgehead atoms. The lowest BCUT2D eigenvalue weighted by atomic mass is 9.89. The average Bonchev–Trinajstić information content (AvgIpc) is 2.90. The zero-order chi connectivity index (χ0) is 14.7. The second-order valence-corrected chi connectivity index (χ2v) is 5.90. The van der Waals surface area contributed by atoms with Crippen molar-refractivity contribution in [3.05, 3.63) is 30.1 Å². The summed E-state index contributed by atoms with van der Waals surface area (Å²) in [5.41, 5.74) is 0.287. The fraction of sp³-hybridized carbons (Fsp3) is 0.625. The number of rotatable bonds is 3. The molecular formula is C16H22N2O3. The van der Waals surface area contributed by atoms with Crippen LogP contribution in [0.3, 0.4) is 0 Å². The molecule has 5 heteroatoms. The molecule has 5 nitrogen and oxygen atoms in total. The number of carbonyl (C=O) groups is 1. The molecule has 2 fully saturated rings. The number of aromatic nitrogens is 1. The maximum atomic E-state index is 12.6.